The lowest BCUT2D eigenvalue weighted by Crippen LogP contribution is -2.54. The summed E-state index contributed by atoms with van der Waals surface area (Å²) in [5.41, 5.74) is 2.21. The van der Waals surface area contributed by atoms with Crippen molar-refractivity contribution in [1.29, 1.82) is 0 Å². The molecule has 0 radical (unpaired) electrons. The van der Waals surface area contributed by atoms with Crippen LogP contribution in [-0.4, -0.2) is 67.9 Å². The monoisotopic (exact) mass is 672 g/mol. The van der Waals surface area contributed by atoms with Gasteiger partial charge in [0.25, 0.3) is 5.91 Å². The van der Waals surface area contributed by atoms with Gasteiger partial charge in [-0.15, -0.1) is 0 Å². The maximum absolute atomic E-state index is 13.7. The third kappa shape index (κ3) is 6.34. The summed E-state index contributed by atoms with van der Waals surface area (Å²) in [6.07, 6.45) is 10.7. The fourth-order valence-electron chi connectivity index (χ4n) is 7.95. The molecule has 0 aromatic heterocycles. The van der Waals surface area contributed by atoms with Gasteiger partial charge < -0.3 is 14.7 Å². The Balaban J connectivity index is 1.46. The molecule has 2 N–H and O–H groups in total. The van der Waals surface area contributed by atoms with Gasteiger partial charge in [0.1, 0.15) is 5.75 Å². The molecule has 2 aliphatic heterocycles. The molecule has 1 fully saturated rings. The van der Waals surface area contributed by atoms with Crippen LogP contribution in [0, 0.1) is 17.8 Å². The number of aliphatic hydroxyl groups is 1. The highest BCUT2D eigenvalue weighted by molar-refractivity contribution is 7.99. The van der Waals surface area contributed by atoms with Gasteiger partial charge in [0.2, 0.25) is 0 Å². The Morgan fingerprint density at radius 1 is 1.22 bits per heavy atom. The van der Waals surface area contributed by atoms with E-state index in [-0.39, 0.29) is 28.9 Å². The van der Waals surface area contributed by atoms with Crippen molar-refractivity contribution < 1.29 is 23.1 Å². The Morgan fingerprint density at radius 3 is 2.76 bits per heavy atom. The molecule has 1 unspecified atom stereocenters. The summed E-state index contributed by atoms with van der Waals surface area (Å²) in [5, 5.41) is 12.4. The highest BCUT2D eigenvalue weighted by Gasteiger charge is 2.48. The lowest BCUT2D eigenvalue weighted by Gasteiger charge is -2.49. The Kier molecular flexibility index (Phi) is 8.96. The average Bonchev–Trinajstić information content (AvgIpc) is 3.10. The van der Waals surface area contributed by atoms with Crippen LogP contribution in [0.25, 0.3) is 0 Å². The minimum absolute atomic E-state index is 0.0668. The van der Waals surface area contributed by atoms with Crippen LogP contribution in [0.2, 0.25) is 5.02 Å². The highest BCUT2D eigenvalue weighted by atomic mass is 35.5. The number of nitrogens with zero attached hydrogens (tertiary/aromatic N) is 1. The second-order valence-corrected chi connectivity index (χ2v) is 18.2. The molecule has 244 valence electrons. The van der Waals surface area contributed by atoms with Crippen molar-refractivity contribution in [3.63, 3.8) is 0 Å². The summed E-state index contributed by atoms with van der Waals surface area (Å²) >= 11 is 6.42. The molecule has 10 heteroatoms. The van der Waals surface area contributed by atoms with Crippen LogP contribution in [0.4, 0.5) is 5.69 Å². The molecule has 6 rings (SSSR count). The van der Waals surface area contributed by atoms with E-state index in [4.69, 9.17) is 16.3 Å². The third-order valence-corrected chi connectivity index (χ3v) is 14.1. The Morgan fingerprint density at radius 2 is 2.02 bits per heavy atom. The summed E-state index contributed by atoms with van der Waals surface area (Å²) in [5.74, 6) is 4.41. The highest BCUT2D eigenvalue weighted by Crippen LogP contribution is 2.48. The second kappa shape index (κ2) is 12.4. The second-order valence-electron chi connectivity index (χ2n) is 13.9. The van der Waals surface area contributed by atoms with Gasteiger partial charge in [-0.3, -0.25) is 13.7 Å². The molecule has 4 aliphatic rings. The number of hydrogen-bond donors (Lipinski definition) is 2. The van der Waals surface area contributed by atoms with Crippen molar-refractivity contribution in [3.05, 3.63) is 70.3 Å². The number of ether oxygens (including phenoxy) is 1. The maximum Gasteiger partial charge on any atom is 0.262 e. The number of carbonyl (C=O) groups excluding carboxylic acids is 1. The normalized spacial score (nSPS) is 36.4. The molecule has 8 atom stereocenters. The van der Waals surface area contributed by atoms with E-state index in [0.29, 0.717) is 37.4 Å². The minimum Gasteiger partial charge on any atom is -0.490 e. The molecule has 2 aliphatic carbocycles. The fourth-order valence-corrected chi connectivity index (χ4v) is 10.6. The van der Waals surface area contributed by atoms with Gasteiger partial charge in [-0.05, 0) is 111 Å². The van der Waals surface area contributed by atoms with Gasteiger partial charge in [0, 0.05) is 51.4 Å². The zero-order valence-corrected chi connectivity index (χ0v) is 28.8. The van der Waals surface area contributed by atoms with E-state index in [0.717, 1.165) is 42.8 Å². The summed E-state index contributed by atoms with van der Waals surface area (Å²) in [4.78, 5) is 15.9. The van der Waals surface area contributed by atoms with Crippen LogP contribution in [0.1, 0.15) is 67.4 Å². The molecular weight excluding hydrogens is 628 g/mol. The number of nitrogens with one attached hydrogen (secondary N) is 1. The van der Waals surface area contributed by atoms with Crippen LogP contribution < -0.4 is 14.4 Å². The van der Waals surface area contributed by atoms with E-state index in [1.807, 2.05) is 44.2 Å². The standard InChI is InChI=1S/C35H45ClN2O5S2/c1-23-7-5-16-35(40,22-44(3)41)30-12-9-27(30)19-38-20-34(15-6-8-25-17-28(36)11-13-29(25)34)21-43-32-14-10-26(18-31(32)38)33(39)37-45(4,42)24(23)2/h5,10-11,13-14,16-18,23-24,27,30,40H,4,6-9,12,15,19-22H2,1-3H3,(H,37,39,42)/b16-5+/t23-,24+,27-,30+,34-,35-,44-,45?/m0/s1. The van der Waals surface area contributed by atoms with Crippen molar-refractivity contribution in [2.45, 2.75) is 68.6 Å². The number of halogens is 1. The summed E-state index contributed by atoms with van der Waals surface area (Å²) in [6.45, 7) is 5.64. The first kappa shape index (κ1) is 32.6. The Labute approximate surface area is 275 Å². The number of amides is 1. The molecule has 2 aromatic rings. The summed E-state index contributed by atoms with van der Waals surface area (Å²) < 4.78 is 35.6. The quantitative estimate of drug-likeness (QED) is 0.333. The zero-order valence-electron chi connectivity index (χ0n) is 26.4. The van der Waals surface area contributed by atoms with E-state index in [9.17, 15) is 18.3 Å². The largest absolute Gasteiger partial charge is 0.490 e. The van der Waals surface area contributed by atoms with Crippen molar-refractivity contribution in [1.82, 2.24) is 4.72 Å². The molecular formula is C35H45ClN2O5S2. The number of allylic oxidation sites excluding steroid dienone is 1. The van der Waals surface area contributed by atoms with E-state index < -0.39 is 37.3 Å². The molecule has 1 saturated carbocycles. The summed E-state index contributed by atoms with van der Waals surface area (Å²) in [7, 11) is -4.20. The first-order valence-corrected chi connectivity index (χ1v) is 19.9. The number of hydrogen-bond acceptors (Lipinski definition) is 6. The van der Waals surface area contributed by atoms with Gasteiger partial charge in [0.15, 0.2) is 0 Å². The molecule has 1 spiro atoms. The number of aryl methyl sites for hydroxylation is 1. The van der Waals surface area contributed by atoms with Crippen molar-refractivity contribution in [2.24, 2.45) is 17.8 Å². The predicted octanol–water partition coefficient (Wildman–Crippen LogP) is 5.29. The van der Waals surface area contributed by atoms with Gasteiger partial charge in [0.05, 0.1) is 33.4 Å². The van der Waals surface area contributed by atoms with Gasteiger partial charge in [-0.25, -0.2) is 4.21 Å². The number of benzene rings is 2. The summed E-state index contributed by atoms with van der Waals surface area (Å²) in [6, 6.07) is 11.6. The van der Waals surface area contributed by atoms with Crippen LogP contribution in [0.3, 0.4) is 0 Å². The van der Waals surface area contributed by atoms with Crippen molar-refractivity contribution >= 4 is 49.6 Å². The zero-order chi connectivity index (χ0) is 32.1. The molecule has 0 saturated heterocycles. The molecule has 45 heavy (non-hydrogen) atoms. The molecule has 1 amide bonds. The van der Waals surface area contributed by atoms with Crippen LogP contribution in [0.5, 0.6) is 5.75 Å². The number of carbonyl (C=O) groups is 1. The lowest BCUT2D eigenvalue weighted by atomic mass is 9.64. The molecule has 2 aromatic carbocycles. The van der Waals surface area contributed by atoms with Gasteiger partial charge in [-0.1, -0.05) is 36.7 Å². The number of anilines is 1. The smallest absolute Gasteiger partial charge is 0.262 e. The average molecular weight is 673 g/mol. The predicted molar refractivity (Wildman–Crippen MR) is 185 cm³/mol. The van der Waals surface area contributed by atoms with E-state index in [1.165, 1.54) is 11.1 Å². The third-order valence-electron chi connectivity index (χ3n) is 10.8. The molecule has 2 heterocycles. The van der Waals surface area contributed by atoms with E-state index >= 15 is 0 Å². The van der Waals surface area contributed by atoms with Crippen LogP contribution in [0.15, 0.2) is 48.6 Å². The Hall–Kier alpha value is -2.33. The number of rotatable bonds is 2. The first-order chi connectivity index (χ1) is 21.3. The maximum atomic E-state index is 13.7. The van der Waals surface area contributed by atoms with E-state index in [1.54, 1.807) is 12.3 Å². The Bertz CT molecular complexity index is 1640. The van der Waals surface area contributed by atoms with Gasteiger partial charge in [-0.2, -0.15) is 0 Å². The minimum atomic E-state index is -2.99. The van der Waals surface area contributed by atoms with Crippen molar-refractivity contribution in [2.75, 3.05) is 36.6 Å². The molecule has 7 nitrogen and oxygen atoms in total. The SMILES string of the molecule is C=S1(=O)NC(=O)c2ccc3c(c2)N(C[C@@H]2CC[C@H]2[C@@](O)(C[S@](C)=O)/C=C/C[C@H](C)[C@H]1C)C[C@@]1(CCCc2cc(Cl)ccc21)CO3. The topological polar surface area (TPSA) is 95.9 Å². The van der Waals surface area contributed by atoms with E-state index in [2.05, 4.69) is 27.6 Å². The first-order valence-electron chi connectivity index (χ1n) is 16.0. The van der Waals surface area contributed by atoms with Crippen molar-refractivity contribution in [3.8, 4) is 5.75 Å². The van der Waals surface area contributed by atoms with Gasteiger partial charge >= 0.3 is 0 Å². The van der Waals surface area contributed by atoms with Crippen LogP contribution >= 0.6 is 11.6 Å². The lowest BCUT2D eigenvalue weighted by molar-refractivity contribution is -0.0283. The fraction of sp³-hybridized carbons (Fsp3) is 0.543. The number of fused-ring (bicyclic) bond motifs is 4. The van der Waals surface area contributed by atoms with Crippen LogP contribution in [-0.2, 0) is 32.3 Å². The molecule has 2 bridgehead atoms.